The highest BCUT2D eigenvalue weighted by Crippen LogP contribution is 2.11. The van der Waals surface area contributed by atoms with Crippen LogP contribution in [0.25, 0.3) is 4.85 Å². The molecule has 0 aliphatic carbocycles. The normalized spacial score (nSPS) is 16.2. The highest BCUT2D eigenvalue weighted by molar-refractivity contribution is 4.85. The molecule has 0 aromatic carbocycles. The second kappa shape index (κ2) is 3.44. The van der Waals surface area contributed by atoms with E-state index in [4.69, 9.17) is 17.4 Å². The molecule has 0 aliphatic rings. The van der Waals surface area contributed by atoms with E-state index in [0.717, 1.165) is 6.42 Å². The Balaban J connectivity index is 3.49. The zero-order valence-electron chi connectivity index (χ0n) is 5.67. The molecule has 0 radical (unpaired) electrons. The van der Waals surface area contributed by atoms with Crippen molar-refractivity contribution in [2.24, 2.45) is 5.73 Å². The first-order valence-corrected chi connectivity index (χ1v) is 2.97. The summed E-state index contributed by atoms with van der Waals surface area (Å²) >= 11 is 0. The van der Waals surface area contributed by atoms with Crippen molar-refractivity contribution in [1.82, 2.24) is 0 Å². The van der Waals surface area contributed by atoms with Gasteiger partial charge in [-0.15, -0.1) is 0 Å². The molecule has 1 unspecified atom stereocenters. The van der Waals surface area contributed by atoms with Gasteiger partial charge in [-0.25, -0.2) is 0 Å². The average Bonchev–Trinajstić information content (AvgIpc) is 1.84. The molecule has 3 N–H and O–H groups in total. The minimum Gasteiger partial charge on any atom is -0.330 e. The Labute approximate surface area is 55.3 Å². The maximum absolute atomic E-state index is 9.11. The quantitative estimate of drug-likeness (QED) is 0.579. The largest absolute Gasteiger partial charge is 0.379 e. The minimum absolute atomic E-state index is 0.528. The fraction of sp³-hybridized carbons (Fsp3) is 0.833. The smallest absolute Gasteiger partial charge is 0.330 e. The predicted octanol–water partition coefficient (Wildman–Crippen LogP) is 0.397. The van der Waals surface area contributed by atoms with Crippen molar-refractivity contribution < 1.29 is 5.11 Å². The molecule has 0 fully saturated rings. The second-order valence-corrected chi connectivity index (χ2v) is 2.24. The molecule has 0 aliphatic heterocycles. The lowest BCUT2D eigenvalue weighted by Crippen LogP contribution is -2.19. The third-order valence-corrected chi connectivity index (χ3v) is 1.13. The maximum Gasteiger partial charge on any atom is 0.379 e. The molecule has 0 rings (SSSR count). The Morgan fingerprint density at radius 1 is 1.78 bits per heavy atom. The van der Waals surface area contributed by atoms with Crippen molar-refractivity contribution in [1.29, 1.82) is 0 Å². The first-order valence-electron chi connectivity index (χ1n) is 2.97. The maximum atomic E-state index is 9.11. The molecular formula is C6H13N2O+. The van der Waals surface area contributed by atoms with E-state index < -0.39 is 5.72 Å². The molecule has 3 heteroatoms. The van der Waals surface area contributed by atoms with Crippen LogP contribution in [-0.2, 0) is 0 Å². The molecule has 0 aromatic rings. The van der Waals surface area contributed by atoms with Gasteiger partial charge in [0, 0.05) is 6.92 Å². The van der Waals surface area contributed by atoms with E-state index >= 15 is 0 Å². The van der Waals surface area contributed by atoms with Gasteiger partial charge in [0.25, 0.3) is 6.57 Å². The number of hydrogen-bond acceptors (Lipinski definition) is 2. The molecule has 0 saturated carbocycles. The minimum atomic E-state index is -1.08. The van der Waals surface area contributed by atoms with Crippen LogP contribution < -0.4 is 5.73 Å². The molecule has 0 bridgehead atoms. The van der Waals surface area contributed by atoms with E-state index in [-0.39, 0.29) is 0 Å². The SMILES string of the molecule is C#[N+]C(C)(O)CCCN. The van der Waals surface area contributed by atoms with Crippen molar-refractivity contribution >= 4 is 0 Å². The Morgan fingerprint density at radius 3 is 2.67 bits per heavy atom. The summed E-state index contributed by atoms with van der Waals surface area (Å²) < 4.78 is 0. The third-order valence-electron chi connectivity index (χ3n) is 1.13. The lowest BCUT2D eigenvalue weighted by Gasteiger charge is -2.02. The Kier molecular flexibility index (Phi) is 3.21. The van der Waals surface area contributed by atoms with Crippen molar-refractivity contribution in [3.8, 4) is 6.57 Å². The monoisotopic (exact) mass is 129 g/mol. The van der Waals surface area contributed by atoms with Crippen LogP contribution in [0.4, 0.5) is 0 Å². The van der Waals surface area contributed by atoms with Gasteiger partial charge in [0.15, 0.2) is 0 Å². The van der Waals surface area contributed by atoms with Crippen molar-refractivity contribution in [3.63, 3.8) is 0 Å². The van der Waals surface area contributed by atoms with Crippen LogP contribution >= 0.6 is 0 Å². The van der Waals surface area contributed by atoms with Crippen LogP contribution in [0.5, 0.6) is 0 Å². The van der Waals surface area contributed by atoms with Crippen molar-refractivity contribution in [2.75, 3.05) is 6.54 Å². The second-order valence-electron chi connectivity index (χ2n) is 2.24. The van der Waals surface area contributed by atoms with E-state index in [1.54, 1.807) is 6.92 Å². The van der Waals surface area contributed by atoms with Gasteiger partial charge in [0.1, 0.15) is 0 Å². The first-order chi connectivity index (χ1) is 4.12. The van der Waals surface area contributed by atoms with Gasteiger partial charge < -0.3 is 10.8 Å². The van der Waals surface area contributed by atoms with Gasteiger partial charge in [0.2, 0.25) is 0 Å². The Morgan fingerprint density at radius 2 is 2.33 bits per heavy atom. The molecule has 0 amide bonds. The van der Waals surface area contributed by atoms with E-state index in [0.29, 0.717) is 13.0 Å². The summed E-state index contributed by atoms with van der Waals surface area (Å²) in [4.78, 5) is 3.26. The summed E-state index contributed by atoms with van der Waals surface area (Å²) in [6, 6.07) is 0. The highest BCUT2D eigenvalue weighted by Gasteiger charge is 2.28. The van der Waals surface area contributed by atoms with E-state index in [2.05, 4.69) is 4.85 Å². The number of hydrogen-bond donors (Lipinski definition) is 2. The van der Waals surface area contributed by atoms with Crippen molar-refractivity contribution in [2.45, 2.75) is 25.5 Å². The van der Waals surface area contributed by atoms with E-state index in [1.807, 2.05) is 0 Å². The van der Waals surface area contributed by atoms with Gasteiger partial charge in [-0.2, -0.15) is 0 Å². The predicted molar refractivity (Wildman–Crippen MR) is 37.2 cm³/mol. The van der Waals surface area contributed by atoms with Crippen LogP contribution in [0.2, 0.25) is 0 Å². The van der Waals surface area contributed by atoms with Crippen LogP contribution in [0.15, 0.2) is 0 Å². The van der Waals surface area contributed by atoms with Crippen LogP contribution in [0.1, 0.15) is 19.8 Å². The Hall–Kier alpha value is -0.590. The van der Waals surface area contributed by atoms with Gasteiger partial charge in [-0.3, -0.25) is 0 Å². The molecule has 3 nitrogen and oxygen atoms in total. The molecule has 0 saturated heterocycles. The fourth-order valence-corrected chi connectivity index (χ4v) is 0.502. The highest BCUT2D eigenvalue weighted by atomic mass is 16.3. The topological polar surface area (TPSA) is 50.6 Å². The summed E-state index contributed by atoms with van der Waals surface area (Å²) in [5.41, 5.74) is 4.11. The first kappa shape index (κ1) is 8.41. The number of rotatable bonds is 3. The molecule has 0 spiro atoms. The standard InChI is InChI=1S/C6H13N2O/c1-6(9,8-2)4-3-5-7/h2,9H,3-5,7H2,1H3/q+1. The zero-order chi connectivity index (χ0) is 7.33. The van der Waals surface area contributed by atoms with E-state index in [1.165, 1.54) is 0 Å². The molecule has 0 aromatic heterocycles. The zero-order valence-corrected chi connectivity index (χ0v) is 5.67. The summed E-state index contributed by atoms with van der Waals surface area (Å²) in [5.74, 6) is 0. The van der Waals surface area contributed by atoms with Gasteiger partial charge >= 0.3 is 5.72 Å². The number of aliphatic hydroxyl groups is 1. The van der Waals surface area contributed by atoms with Gasteiger partial charge in [-0.05, 0) is 17.8 Å². The lowest BCUT2D eigenvalue weighted by molar-refractivity contribution is 0.0979. The van der Waals surface area contributed by atoms with Crippen molar-refractivity contribution in [3.05, 3.63) is 4.85 Å². The van der Waals surface area contributed by atoms with Gasteiger partial charge in [0.05, 0.1) is 6.42 Å². The molecule has 0 heterocycles. The summed E-state index contributed by atoms with van der Waals surface area (Å²) in [5, 5.41) is 9.11. The van der Waals surface area contributed by atoms with Crippen LogP contribution in [0.3, 0.4) is 0 Å². The molecule has 9 heavy (non-hydrogen) atoms. The average molecular weight is 129 g/mol. The fourth-order valence-electron chi connectivity index (χ4n) is 0.502. The summed E-state index contributed by atoms with van der Waals surface area (Å²) in [7, 11) is 0. The van der Waals surface area contributed by atoms with Gasteiger partial charge in [-0.1, -0.05) is 0 Å². The number of nitrogens with zero attached hydrogens (tertiary/aromatic N) is 1. The summed E-state index contributed by atoms with van der Waals surface area (Å²) in [6.07, 6.45) is 1.27. The molecule has 1 atom stereocenters. The third kappa shape index (κ3) is 3.95. The van der Waals surface area contributed by atoms with Crippen LogP contribution in [-0.4, -0.2) is 17.4 Å². The lowest BCUT2D eigenvalue weighted by atomic mass is 10.1. The molecule has 52 valence electrons. The summed E-state index contributed by atoms with van der Waals surface area (Å²) in [6.45, 7) is 7.00. The number of nitrogens with two attached hydrogens (primary N) is 1. The van der Waals surface area contributed by atoms with E-state index in [9.17, 15) is 0 Å². The Bertz CT molecular complexity index is 115. The van der Waals surface area contributed by atoms with Crippen LogP contribution in [0, 0.1) is 6.57 Å². The molecular weight excluding hydrogens is 116 g/mol.